The van der Waals surface area contributed by atoms with E-state index in [1.54, 1.807) is 0 Å². The van der Waals surface area contributed by atoms with Crippen molar-refractivity contribution in [3.63, 3.8) is 0 Å². The van der Waals surface area contributed by atoms with Gasteiger partial charge in [0.15, 0.2) is 0 Å². The topological polar surface area (TPSA) is 24.1 Å². The van der Waals surface area contributed by atoms with Crippen LogP contribution in [0.2, 0.25) is 0 Å². The summed E-state index contributed by atoms with van der Waals surface area (Å²) >= 11 is 0. The molecule has 0 rings (SSSR count). The van der Waals surface area contributed by atoms with Gasteiger partial charge in [0, 0.05) is 5.54 Å². The Kier molecular flexibility index (Phi) is 15.5. The molecule has 2 heteroatoms. The number of allylic oxidation sites excluding steroid dienone is 1. The quantitative estimate of drug-likeness (QED) is 0.284. The minimum Gasteiger partial charge on any atom is -0.320 e. The summed E-state index contributed by atoms with van der Waals surface area (Å²) < 4.78 is 0. The number of rotatable bonds is 17. The highest BCUT2D eigenvalue weighted by molar-refractivity contribution is 5.04. The molecule has 0 aliphatic rings. The lowest BCUT2D eigenvalue weighted by molar-refractivity contribution is 0.303. The van der Waals surface area contributed by atoms with Gasteiger partial charge in [-0.1, -0.05) is 78.4 Å². The van der Waals surface area contributed by atoms with E-state index in [0.717, 1.165) is 11.8 Å². The fraction of sp³-hybridized carbons (Fsp3) is 0.917. The lowest BCUT2D eigenvalue weighted by atomic mass is 9.84. The Balaban J connectivity index is 4.30. The molecule has 156 valence electrons. The Hall–Kier alpha value is -0.340. The Morgan fingerprint density at radius 3 is 2.19 bits per heavy atom. The third-order valence-electron chi connectivity index (χ3n) is 6.15. The first-order valence-electron chi connectivity index (χ1n) is 11.5. The maximum Gasteiger partial charge on any atom is 0.0333 e. The van der Waals surface area contributed by atoms with Gasteiger partial charge in [0.1, 0.15) is 0 Å². The van der Waals surface area contributed by atoms with Crippen molar-refractivity contribution in [3.05, 3.63) is 12.2 Å². The van der Waals surface area contributed by atoms with Gasteiger partial charge in [-0.25, -0.2) is 0 Å². The normalized spacial score (nSPS) is 18.0. The van der Waals surface area contributed by atoms with Crippen LogP contribution in [-0.2, 0) is 0 Å². The summed E-state index contributed by atoms with van der Waals surface area (Å²) in [4.78, 5) is 0. The van der Waals surface area contributed by atoms with E-state index >= 15 is 0 Å². The summed E-state index contributed by atoms with van der Waals surface area (Å²) in [6.07, 6.45) is 18.2. The summed E-state index contributed by atoms with van der Waals surface area (Å²) in [7, 11) is 4.16. The second kappa shape index (κ2) is 15.7. The van der Waals surface area contributed by atoms with Crippen LogP contribution in [-0.4, -0.2) is 26.2 Å². The van der Waals surface area contributed by atoms with Gasteiger partial charge in [-0.3, -0.25) is 0 Å². The fourth-order valence-electron chi connectivity index (χ4n) is 4.11. The standard InChI is InChI=1S/C24H50N2/c1-8-12-23(16-19-25-6)20-22(10-3)14-11-13-21(4)15-18-24(5,26-7)17-9-2/h15,18,21-23,25-26H,8-14,16-17,19-20H2,1-7H3. The molecule has 2 nitrogen and oxygen atoms in total. The zero-order chi connectivity index (χ0) is 19.8. The molecule has 4 atom stereocenters. The van der Waals surface area contributed by atoms with Crippen molar-refractivity contribution in [2.45, 2.75) is 104 Å². The number of nitrogens with one attached hydrogen (secondary N) is 2. The van der Waals surface area contributed by atoms with Gasteiger partial charge in [0.2, 0.25) is 0 Å². The molecule has 0 spiro atoms. The Morgan fingerprint density at radius 1 is 0.923 bits per heavy atom. The molecular formula is C24H50N2. The summed E-state index contributed by atoms with van der Waals surface area (Å²) in [6.45, 7) is 12.8. The van der Waals surface area contributed by atoms with E-state index in [4.69, 9.17) is 0 Å². The molecule has 0 bridgehead atoms. The number of hydrogen-bond donors (Lipinski definition) is 2. The summed E-state index contributed by atoms with van der Waals surface area (Å²) in [5.74, 6) is 2.52. The van der Waals surface area contributed by atoms with Crippen LogP contribution in [0.15, 0.2) is 12.2 Å². The van der Waals surface area contributed by atoms with Crippen molar-refractivity contribution >= 4 is 0 Å². The van der Waals surface area contributed by atoms with Gasteiger partial charge in [-0.15, -0.1) is 0 Å². The van der Waals surface area contributed by atoms with Crippen LogP contribution in [0.3, 0.4) is 0 Å². The van der Waals surface area contributed by atoms with E-state index in [1.165, 1.54) is 70.8 Å². The molecule has 26 heavy (non-hydrogen) atoms. The van der Waals surface area contributed by atoms with E-state index in [9.17, 15) is 0 Å². The van der Waals surface area contributed by atoms with Crippen LogP contribution in [0.5, 0.6) is 0 Å². The largest absolute Gasteiger partial charge is 0.320 e. The third kappa shape index (κ3) is 12.1. The van der Waals surface area contributed by atoms with E-state index < -0.39 is 0 Å². The lowest BCUT2D eigenvalue weighted by Crippen LogP contribution is -2.37. The number of hydrogen-bond acceptors (Lipinski definition) is 2. The lowest BCUT2D eigenvalue weighted by Gasteiger charge is -2.25. The molecule has 2 N–H and O–H groups in total. The second-order valence-electron chi connectivity index (χ2n) is 8.74. The van der Waals surface area contributed by atoms with Crippen molar-refractivity contribution < 1.29 is 0 Å². The maximum absolute atomic E-state index is 3.48. The van der Waals surface area contributed by atoms with Gasteiger partial charge in [-0.2, -0.15) is 0 Å². The van der Waals surface area contributed by atoms with Gasteiger partial charge >= 0.3 is 0 Å². The van der Waals surface area contributed by atoms with Crippen LogP contribution in [0.1, 0.15) is 98.8 Å². The first-order chi connectivity index (χ1) is 12.4. The molecule has 0 saturated heterocycles. The van der Waals surface area contributed by atoms with Crippen LogP contribution in [0, 0.1) is 17.8 Å². The molecule has 0 aromatic rings. The molecule has 0 aliphatic heterocycles. The first-order valence-corrected chi connectivity index (χ1v) is 11.5. The fourth-order valence-corrected chi connectivity index (χ4v) is 4.11. The third-order valence-corrected chi connectivity index (χ3v) is 6.15. The zero-order valence-electron chi connectivity index (χ0n) is 19.2. The average molecular weight is 367 g/mol. The number of likely N-dealkylation sites (N-methyl/N-ethyl adjacent to an activating group) is 1. The molecule has 0 aromatic heterocycles. The minimum absolute atomic E-state index is 0.162. The molecule has 0 radical (unpaired) electrons. The van der Waals surface area contributed by atoms with Crippen LogP contribution >= 0.6 is 0 Å². The summed E-state index contributed by atoms with van der Waals surface area (Å²) in [6, 6.07) is 0. The van der Waals surface area contributed by atoms with Crippen LogP contribution in [0.25, 0.3) is 0 Å². The molecule has 4 unspecified atom stereocenters. The molecule has 0 heterocycles. The predicted molar refractivity (Wildman–Crippen MR) is 120 cm³/mol. The minimum atomic E-state index is 0.162. The average Bonchev–Trinajstić information content (AvgIpc) is 2.63. The highest BCUT2D eigenvalue weighted by Gasteiger charge is 2.17. The van der Waals surface area contributed by atoms with Crippen molar-refractivity contribution in [1.29, 1.82) is 0 Å². The van der Waals surface area contributed by atoms with Crippen molar-refractivity contribution in [3.8, 4) is 0 Å². The van der Waals surface area contributed by atoms with Gasteiger partial charge in [0.05, 0.1) is 0 Å². The van der Waals surface area contributed by atoms with E-state index in [1.807, 2.05) is 0 Å². The SMILES string of the molecule is CCCC(CCNC)CC(CC)CCCC(C)C=CC(C)(CCC)NC. The van der Waals surface area contributed by atoms with Gasteiger partial charge in [-0.05, 0) is 71.0 Å². The van der Waals surface area contributed by atoms with Gasteiger partial charge in [0.25, 0.3) is 0 Å². The molecule has 0 saturated carbocycles. The van der Waals surface area contributed by atoms with Gasteiger partial charge < -0.3 is 10.6 Å². The highest BCUT2D eigenvalue weighted by Crippen LogP contribution is 2.27. The van der Waals surface area contributed by atoms with E-state index in [0.29, 0.717) is 5.92 Å². The maximum atomic E-state index is 3.48. The zero-order valence-corrected chi connectivity index (χ0v) is 19.2. The van der Waals surface area contributed by atoms with Crippen LogP contribution < -0.4 is 10.6 Å². The Labute approximate surface area is 166 Å². The molecule has 0 amide bonds. The molecule has 0 fully saturated rings. The Morgan fingerprint density at radius 2 is 1.65 bits per heavy atom. The molecule has 0 aromatic carbocycles. The predicted octanol–water partition coefficient (Wildman–Crippen LogP) is 6.57. The smallest absolute Gasteiger partial charge is 0.0333 e. The van der Waals surface area contributed by atoms with E-state index in [-0.39, 0.29) is 5.54 Å². The van der Waals surface area contributed by atoms with Crippen molar-refractivity contribution in [2.24, 2.45) is 17.8 Å². The molecule has 0 aliphatic carbocycles. The highest BCUT2D eigenvalue weighted by atomic mass is 14.9. The first kappa shape index (κ1) is 25.7. The van der Waals surface area contributed by atoms with Crippen molar-refractivity contribution in [1.82, 2.24) is 10.6 Å². The monoisotopic (exact) mass is 366 g/mol. The second-order valence-corrected chi connectivity index (χ2v) is 8.74. The Bertz CT molecular complexity index is 339. The van der Waals surface area contributed by atoms with Crippen molar-refractivity contribution in [2.75, 3.05) is 20.6 Å². The molecular weight excluding hydrogens is 316 g/mol. The van der Waals surface area contributed by atoms with Crippen LogP contribution in [0.4, 0.5) is 0 Å². The summed E-state index contributed by atoms with van der Waals surface area (Å²) in [5.41, 5.74) is 0.162. The summed E-state index contributed by atoms with van der Waals surface area (Å²) in [5, 5.41) is 6.81. The van der Waals surface area contributed by atoms with E-state index in [2.05, 4.69) is 71.5 Å².